The smallest absolute Gasteiger partial charge is 0.209 e. The van der Waals surface area contributed by atoms with Gasteiger partial charge in [-0.05, 0) is 0 Å². The van der Waals surface area contributed by atoms with Crippen LogP contribution in [0.4, 0.5) is 0 Å². The normalized spacial score (nSPS) is 21.1. The van der Waals surface area contributed by atoms with Crippen molar-refractivity contribution in [3.05, 3.63) is 0 Å². The summed E-state index contributed by atoms with van der Waals surface area (Å²) >= 11 is 0. The fourth-order valence-corrected chi connectivity index (χ4v) is 0.992. The molecule has 58 valence electrons. The Bertz CT molecular complexity index is 110. The van der Waals surface area contributed by atoms with Crippen LogP contribution in [0, 0.1) is 0 Å². The quantitative estimate of drug-likeness (QED) is 0.481. The molecule has 10 heavy (non-hydrogen) atoms. The summed E-state index contributed by atoms with van der Waals surface area (Å²) < 4.78 is 0. The molecule has 0 aromatic carbocycles. The molecule has 1 rings (SSSR count). The van der Waals surface area contributed by atoms with E-state index in [1.54, 1.807) is 12.0 Å². The molecule has 0 atom stereocenters. The Morgan fingerprint density at radius 1 is 1.30 bits per heavy atom. The first kappa shape index (κ1) is 7.50. The molecule has 0 radical (unpaired) electrons. The Kier molecular flexibility index (Phi) is 2.65. The number of piperazine rings is 1. The van der Waals surface area contributed by atoms with Crippen molar-refractivity contribution in [2.24, 2.45) is 0 Å². The number of amides is 1. The maximum Gasteiger partial charge on any atom is 0.209 e. The largest absolute Gasteiger partial charge is 0.343 e. The topological polar surface area (TPSA) is 32.8 Å². The van der Waals surface area contributed by atoms with E-state index < -0.39 is 0 Å². The molecule has 0 aliphatic carbocycles. The summed E-state index contributed by atoms with van der Waals surface area (Å²) in [6.45, 7) is 3.18. The molecule has 0 N–H and O–H groups in total. The highest BCUT2D eigenvalue weighted by molar-refractivity contribution is 5.47. The first-order valence-electron chi connectivity index (χ1n) is 3.35. The van der Waals surface area contributed by atoms with Crippen LogP contribution in [0.3, 0.4) is 0 Å². The van der Waals surface area contributed by atoms with Gasteiger partial charge < -0.3 is 9.74 Å². The number of carbonyl (C=O) groups is 1. The van der Waals surface area contributed by atoms with Gasteiger partial charge in [-0.25, -0.2) is 0 Å². The fraction of sp³-hybridized carbons (Fsp3) is 0.833. The predicted molar refractivity (Wildman–Crippen MR) is 36.2 cm³/mol. The van der Waals surface area contributed by atoms with Crippen LogP contribution < -0.4 is 0 Å². The summed E-state index contributed by atoms with van der Waals surface area (Å²) in [6.07, 6.45) is 0.882. The van der Waals surface area contributed by atoms with Gasteiger partial charge in [-0.2, -0.15) is 5.06 Å². The molecule has 1 fully saturated rings. The van der Waals surface area contributed by atoms with E-state index in [1.807, 2.05) is 5.06 Å². The number of carbonyl (C=O) groups excluding carboxylic acids is 1. The minimum absolute atomic E-state index is 0.775. The summed E-state index contributed by atoms with van der Waals surface area (Å²) in [5.41, 5.74) is 0. The zero-order valence-corrected chi connectivity index (χ0v) is 6.12. The molecule has 0 saturated carbocycles. The number of hydrogen-bond donors (Lipinski definition) is 0. The van der Waals surface area contributed by atoms with Crippen LogP contribution >= 0.6 is 0 Å². The molecule has 1 saturated heterocycles. The summed E-state index contributed by atoms with van der Waals surface area (Å²) in [4.78, 5) is 16.9. The second-order valence-corrected chi connectivity index (χ2v) is 2.25. The Labute approximate surface area is 60.3 Å². The van der Waals surface area contributed by atoms with E-state index in [2.05, 4.69) is 0 Å². The van der Waals surface area contributed by atoms with Crippen molar-refractivity contribution in [1.29, 1.82) is 0 Å². The van der Waals surface area contributed by atoms with Crippen LogP contribution in [-0.4, -0.2) is 49.7 Å². The van der Waals surface area contributed by atoms with Gasteiger partial charge in [0.1, 0.15) is 0 Å². The van der Waals surface area contributed by atoms with Crippen LogP contribution in [0.1, 0.15) is 0 Å². The van der Waals surface area contributed by atoms with E-state index in [1.165, 1.54) is 0 Å². The van der Waals surface area contributed by atoms with E-state index in [4.69, 9.17) is 4.84 Å². The molecule has 0 aromatic rings. The molecule has 0 aromatic heterocycles. The lowest BCUT2D eigenvalue weighted by atomic mass is 10.4. The molecule has 1 aliphatic rings. The van der Waals surface area contributed by atoms with Gasteiger partial charge in [0, 0.05) is 26.2 Å². The van der Waals surface area contributed by atoms with Gasteiger partial charge in [0.25, 0.3) is 0 Å². The Hall–Kier alpha value is -0.610. The van der Waals surface area contributed by atoms with Crippen molar-refractivity contribution in [2.75, 3.05) is 33.3 Å². The Morgan fingerprint density at radius 2 is 1.90 bits per heavy atom. The highest BCUT2D eigenvalue weighted by Crippen LogP contribution is 1.97. The summed E-state index contributed by atoms with van der Waals surface area (Å²) in [5.74, 6) is 0. The number of hydroxylamine groups is 2. The zero-order valence-electron chi connectivity index (χ0n) is 6.12. The van der Waals surface area contributed by atoms with Gasteiger partial charge in [-0.3, -0.25) is 4.79 Å². The number of rotatable bonds is 2. The van der Waals surface area contributed by atoms with Crippen molar-refractivity contribution in [1.82, 2.24) is 9.96 Å². The Balaban J connectivity index is 2.23. The van der Waals surface area contributed by atoms with E-state index >= 15 is 0 Å². The van der Waals surface area contributed by atoms with Crippen LogP contribution in [0.25, 0.3) is 0 Å². The average molecular weight is 144 g/mol. The van der Waals surface area contributed by atoms with Gasteiger partial charge in [0.15, 0.2) is 0 Å². The monoisotopic (exact) mass is 144 g/mol. The second kappa shape index (κ2) is 3.53. The van der Waals surface area contributed by atoms with Crippen molar-refractivity contribution >= 4 is 6.41 Å². The third-order valence-electron chi connectivity index (χ3n) is 1.68. The van der Waals surface area contributed by atoms with Gasteiger partial charge >= 0.3 is 0 Å². The maximum atomic E-state index is 10.2. The third-order valence-corrected chi connectivity index (χ3v) is 1.68. The second-order valence-electron chi connectivity index (χ2n) is 2.25. The van der Waals surface area contributed by atoms with Crippen LogP contribution in [-0.2, 0) is 9.63 Å². The SMILES string of the molecule is CON1CCN(C=O)CC1. The average Bonchev–Trinajstić information content (AvgIpc) is 2.05. The van der Waals surface area contributed by atoms with Crippen LogP contribution in [0.2, 0.25) is 0 Å². The molecule has 0 unspecified atom stereocenters. The molecule has 1 amide bonds. The molecule has 0 bridgehead atoms. The first-order valence-corrected chi connectivity index (χ1v) is 3.35. The van der Waals surface area contributed by atoms with Crippen LogP contribution in [0.15, 0.2) is 0 Å². The molecule has 4 nitrogen and oxygen atoms in total. The van der Waals surface area contributed by atoms with Gasteiger partial charge in [0.05, 0.1) is 7.11 Å². The fourth-order valence-electron chi connectivity index (χ4n) is 0.992. The lowest BCUT2D eigenvalue weighted by Crippen LogP contribution is -2.44. The third kappa shape index (κ3) is 1.68. The van der Waals surface area contributed by atoms with Crippen molar-refractivity contribution in [2.45, 2.75) is 0 Å². The first-order chi connectivity index (χ1) is 4.86. The van der Waals surface area contributed by atoms with Gasteiger partial charge in [0.2, 0.25) is 6.41 Å². The predicted octanol–water partition coefficient (Wildman–Crippen LogP) is -0.678. The lowest BCUT2D eigenvalue weighted by Gasteiger charge is -2.30. The van der Waals surface area contributed by atoms with E-state index in [0.29, 0.717) is 0 Å². The summed E-state index contributed by atoms with van der Waals surface area (Å²) in [5, 5.41) is 1.85. The van der Waals surface area contributed by atoms with Gasteiger partial charge in [-0.15, -0.1) is 0 Å². The highest BCUT2D eigenvalue weighted by atomic mass is 16.7. The summed E-state index contributed by atoms with van der Waals surface area (Å²) in [7, 11) is 1.65. The number of nitrogens with zero attached hydrogens (tertiary/aromatic N) is 2. The molecule has 1 aliphatic heterocycles. The number of hydrogen-bond acceptors (Lipinski definition) is 3. The molecular weight excluding hydrogens is 132 g/mol. The van der Waals surface area contributed by atoms with Crippen molar-refractivity contribution < 1.29 is 9.63 Å². The lowest BCUT2D eigenvalue weighted by molar-refractivity contribution is -0.155. The zero-order chi connectivity index (χ0) is 7.40. The minimum atomic E-state index is 0.775. The highest BCUT2D eigenvalue weighted by Gasteiger charge is 2.13. The van der Waals surface area contributed by atoms with E-state index in [0.717, 1.165) is 32.6 Å². The van der Waals surface area contributed by atoms with Gasteiger partial charge in [-0.1, -0.05) is 0 Å². The van der Waals surface area contributed by atoms with E-state index in [9.17, 15) is 4.79 Å². The molecule has 1 heterocycles. The van der Waals surface area contributed by atoms with E-state index in [-0.39, 0.29) is 0 Å². The minimum Gasteiger partial charge on any atom is -0.343 e. The summed E-state index contributed by atoms with van der Waals surface area (Å²) in [6, 6.07) is 0. The Morgan fingerprint density at radius 3 is 2.30 bits per heavy atom. The van der Waals surface area contributed by atoms with Crippen molar-refractivity contribution in [3.63, 3.8) is 0 Å². The van der Waals surface area contributed by atoms with Crippen LogP contribution in [0.5, 0.6) is 0 Å². The molecule has 4 heteroatoms. The van der Waals surface area contributed by atoms with Crippen molar-refractivity contribution in [3.8, 4) is 0 Å². The molecular formula is C6H12N2O2. The maximum absolute atomic E-state index is 10.2. The standard InChI is InChI=1S/C6H12N2O2/c1-10-8-4-2-7(6-9)3-5-8/h6H,2-5H2,1H3. The molecule has 0 spiro atoms.